The van der Waals surface area contributed by atoms with Crippen LogP contribution in [0.5, 0.6) is 17.2 Å². The summed E-state index contributed by atoms with van der Waals surface area (Å²) in [6, 6.07) is 10.1. The quantitative estimate of drug-likeness (QED) is 0.673. The summed E-state index contributed by atoms with van der Waals surface area (Å²) >= 11 is 6.01. The van der Waals surface area contributed by atoms with Crippen molar-refractivity contribution in [1.82, 2.24) is 0 Å². The van der Waals surface area contributed by atoms with Gasteiger partial charge >= 0.3 is 5.97 Å². The van der Waals surface area contributed by atoms with Gasteiger partial charge in [-0.05, 0) is 43.7 Å². The number of esters is 1. The van der Waals surface area contributed by atoms with E-state index in [4.69, 9.17) is 30.5 Å². The highest BCUT2D eigenvalue weighted by atomic mass is 35.5. The number of hydrogen-bond donors (Lipinski definition) is 1. The van der Waals surface area contributed by atoms with E-state index in [0.29, 0.717) is 28.0 Å². The Labute approximate surface area is 168 Å². The van der Waals surface area contributed by atoms with Gasteiger partial charge in [0.15, 0.2) is 24.2 Å². The molecule has 0 fully saturated rings. The third-order valence-corrected chi connectivity index (χ3v) is 4.07. The molecule has 0 saturated carbocycles. The van der Waals surface area contributed by atoms with Crippen LogP contribution in [-0.4, -0.2) is 38.8 Å². The van der Waals surface area contributed by atoms with E-state index in [1.807, 2.05) is 13.0 Å². The van der Waals surface area contributed by atoms with E-state index in [-0.39, 0.29) is 6.61 Å². The second-order valence-electron chi connectivity index (χ2n) is 5.91. The van der Waals surface area contributed by atoms with Crippen molar-refractivity contribution in [3.8, 4) is 17.2 Å². The average Bonchev–Trinajstić information content (AvgIpc) is 2.68. The number of hydrogen-bond acceptors (Lipinski definition) is 6. The molecule has 7 nitrogen and oxygen atoms in total. The zero-order valence-corrected chi connectivity index (χ0v) is 16.8. The fourth-order valence-corrected chi connectivity index (χ4v) is 2.47. The number of benzene rings is 2. The van der Waals surface area contributed by atoms with Gasteiger partial charge in [-0.25, -0.2) is 4.79 Å². The summed E-state index contributed by atoms with van der Waals surface area (Å²) in [4.78, 5) is 24.2. The number of rotatable bonds is 8. The van der Waals surface area contributed by atoms with Crippen LogP contribution >= 0.6 is 11.6 Å². The van der Waals surface area contributed by atoms with Gasteiger partial charge < -0.3 is 24.3 Å². The van der Waals surface area contributed by atoms with Crippen LogP contribution in [0.1, 0.15) is 12.5 Å². The Morgan fingerprint density at radius 2 is 1.75 bits per heavy atom. The van der Waals surface area contributed by atoms with Gasteiger partial charge in [-0.3, -0.25) is 4.79 Å². The zero-order valence-electron chi connectivity index (χ0n) is 16.1. The summed E-state index contributed by atoms with van der Waals surface area (Å²) in [7, 11) is 3.01. The lowest BCUT2D eigenvalue weighted by Crippen LogP contribution is -2.31. The predicted octanol–water partition coefficient (Wildman–Crippen LogP) is 3.61. The minimum absolute atomic E-state index is 0.364. The summed E-state index contributed by atoms with van der Waals surface area (Å²) < 4.78 is 20.8. The molecule has 2 aromatic rings. The highest BCUT2D eigenvalue weighted by molar-refractivity contribution is 6.32. The molecule has 8 heteroatoms. The van der Waals surface area contributed by atoms with Crippen LogP contribution in [-0.2, 0) is 14.3 Å². The first-order valence-corrected chi connectivity index (χ1v) is 8.83. The van der Waals surface area contributed by atoms with Gasteiger partial charge in [-0.1, -0.05) is 17.7 Å². The summed E-state index contributed by atoms with van der Waals surface area (Å²) in [6.07, 6.45) is -1.02. The standard InChI is InChI=1S/C20H22ClNO6/c1-12-5-7-15(21)17(9-12)27-11-19(23)28-13(2)20(24)22-14-6-8-16(25-3)18(10-14)26-4/h5-10,13H,11H2,1-4H3,(H,22,24)/t13-/m0/s1. The third-order valence-electron chi connectivity index (χ3n) is 3.76. The number of methoxy groups -OCH3 is 2. The second-order valence-corrected chi connectivity index (χ2v) is 6.32. The Morgan fingerprint density at radius 1 is 1.04 bits per heavy atom. The van der Waals surface area contributed by atoms with Crippen molar-refractivity contribution in [2.45, 2.75) is 20.0 Å². The average molecular weight is 408 g/mol. The van der Waals surface area contributed by atoms with Gasteiger partial charge in [0, 0.05) is 11.8 Å². The van der Waals surface area contributed by atoms with Gasteiger partial charge in [0.05, 0.1) is 19.2 Å². The fourth-order valence-electron chi connectivity index (χ4n) is 2.30. The summed E-state index contributed by atoms with van der Waals surface area (Å²) in [5.74, 6) is 0.197. The Morgan fingerprint density at radius 3 is 2.43 bits per heavy atom. The topological polar surface area (TPSA) is 83.1 Å². The largest absolute Gasteiger partial charge is 0.493 e. The van der Waals surface area contributed by atoms with Crippen LogP contribution in [0.3, 0.4) is 0 Å². The predicted molar refractivity (Wildman–Crippen MR) is 105 cm³/mol. The normalized spacial score (nSPS) is 11.3. The van der Waals surface area contributed by atoms with Crippen molar-refractivity contribution in [2.24, 2.45) is 0 Å². The van der Waals surface area contributed by atoms with E-state index in [2.05, 4.69) is 5.32 Å². The lowest BCUT2D eigenvalue weighted by atomic mass is 10.2. The summed E-state index contributed by atoms with van der Waals surface area (Å²) in [6.45, 7) is 2.98. The van der Waals surface area contributed by atoms with Crippen LogP contribution in [0.15, 0.2) is 36.4 Å². The number of ether oxygens (including phenoxy) is 4. The van der Waals surface area contributed by atoms with Crippen molar-refractivity contribution in [3.63, 3.8) is 0 Å². The second kappa shape index (κ2) is 9.85. The molecule has 1 atom stereocenters. The lowest BCUT2D eigenvalue weighted by Gasteiger charge is -2.15. The maximum atomic E-state index is 12.3. The number of carbonyl (C=O) groups excluding carboxylic acids is 2. The van der Waals surface area contributed by atoms with Gasteiger partial charge in [0.25, 0.3) is 5.91 Å². The maximum absolute atomic E-state index is 12.3. The summed E-state index contributed by atoms with van der Waals surface area (Å²) in [5, 5.41) is 3.04. The van der Waals surface area contributed by atoms with Crippen LogP contribution in [0.4, 0.5) is 5.69 Å². The van der Waals surface area contributed by atoms with Crippen molar-refractivity contribution in [3.05, 3.63) is 47.0 Å². The highest BCUT2D eigenvalue weighted by Crippen LogP contribution is 2.30. The first-order chi connectivity index (χ1) is 13.3. The minimum atomic E-state index is -1.02. The Kier molecular flexibility index (Phi) is 7.52. The monoisotopic (exact) mass is 407 g/mol. The van der Waals surface area contributed by atoms with Gasteiger partial charge in [0.2, 0.25) is 0 Å². The number of nitrogens with one attached hydrogen (secondary N) is 1. The molecule has 28 heavy (non-hydrogen) atoms. The first-order valence-electron chi connectivity index (χ1n) is 8.45. The van der Waals surface area contributed by atoms with Crippen molar-refractivity contribution in [2.75, 3.05) is 26.1 Å². The Balaban J connectivity index is 1.89. The fraction of sp³-hybridized carbons (Fsp3) is 0.300. The van der Waals surface area contributed by atoms with Crippen molar-refractivity contribution >= 4 is 29.2 Å². The number of anilines is 1. The molecule has 1 N–H and O–H groups in total. The molecular formula is C20H22ClNO6. The third kappa shape index (κ3) is 5.79. The zero-order chi connectivity index (χ0) is 20.7. The van der Waals surface area contributed by atoms with Crippen LogP contribution in [0.2, 0.25) is 5.02 Å². The van der Waals surface area contributed by atoms with Gasteiger partial charge in [0.1, 0.15) is 5.75 Å². The minimum Gasteiger partial charge on any atom is -0.493 e. The number of carbonyl (C=O) groups is 2. The Bertz CT molecular complexity index is 855. The molecular weight excluding hydrogens is 386 g/mol. The summed E-state index contributed by atoms with van der Waals surface area (Å²) in [5.41, 5.74) is 1.42. The molecule has 150 valence electrons. The van der Waals surface area contributed by atoms with E-state index in [0.717, 1.165) is 5.56 Å². The molecule has 2 aromatic carbocycles. The van der Waals surface area contributed by atoms with Gasteiger partial charge in [-0.2, -0.15) is 0 Å². The molecule has 0 aliphatic carbocycles. The molecule has 0 aliphatic rings. The van der Waals surface area contributed by atoms with Crippen LogP contribution in [0, 0.1) is 6.92 Å². The molecule has 0 bridgehead atoms. The smallest absolute Gasteiger partial charge is 0.344 e. The van der Waals surface area contributed by atoms with E-state index in [1.54, 1.807) is 30.3 Å². The highest BCUT2D eigenvalue weighted by Gasteiger charge is 2.19. The molecule has 2 rings (SSSR count). The van der Waals surface area contributed by atoms with Gasteiger partial charge in [-0.15, -0.1) is 0 Å². The van der Waals surface area contributed by atoms with Crippen LogP contribution in [0.25, 0.3) is 0 Å². The van der Waals surface area contributed by atoms with E-state index in [9.17, 15) is 9.59 Å². The van der Waals surface area contributed by atoms with Crippen molar-refractivity contribution < 1.29 is 28.5 Å². The molecule has 0 spiro atoms. The van der Waals surface area contributed by atoms with Crippen LogP contribution < -0.4 is 19.5 Å². The number of amides is 1. The number of aryl methyl sites for hydroxylation is 1. The molecule has 0 unspecified atom stereocenters. The molecule has 0 heterocycles. The van der Waals surface area contributed by atoms with E-state index >= 15 is 0 Å². The molecule has 0 saturated heterocycles. The van der Waals surface area contributed by atoms with E-state index in [1.165, 1.54) is 21.1 Å². The molecule has 0 aliphatic heterocycles. The molecule has 0 radical (unpaired) electrons. The Hall–Kier alpha value is -2.93. The lowest BCUT2D eigenvalue weighted by molar-refractivity contribution is -0.155. The molecule has 1 amide bonds. The van der Waals surface area contributed by atoms with Crippen molar-refractivity contribution in [1.29, 1.82) is 0 Å². The maximum Gasteiger partial charge on any atom is 0.344 e. The first kappa shape index (κ1) is 21.4. The molecule has 0 aromatic heterocycles. The SMILES string of the molecule is COc1ccc(NC(=O)[C@H](C)OC(=O)COc2cc(C)ccc2Cl)cc1OC. The number of halogens is 1. The van der Waals surface area contributed by atoms with E-state index < -0.39 is 18.0 Å².